The number of anilines is 1. The van der Waals surface area contributed by atoms with Gasteiger partial charge in [-0.25, -0.2) is 4.98 Å². The Labute approximate surface area is 166 Å². The molecule has 2 heterocycles. The molecule has 0 aliphatic carbocycles. The molecule has 0 aliphatic rings. The van der Waals surface area contributed by atoms with Gasteiger partial charge in [-0.05, 0) is 49.4 Å². The average molecular weight is 401 g/mol. The number of rotatable bonds is 6. The minimum atomic E-state index is -0.882. The summed E-state index contributed by atoms with van der Waals surface area (Å²) in [5.74, 6) is -0.823. The number of carbonyl (C=O) groups excluding carboxylic acids is 2. The maximum atomic E-state index is 12.3. The number of nitrogens with zero attached hydrogens (tertiary/aromatic N) is 1. The lowest BCUT2D eigenvalue weighted by molar-refractivity contribution is -0.152. The molecular formula is C20H20N2O3S2. The lowest BCUT2D eigenvalue weighted by Crippen LogP contribution is -2.30. The van der Waals surface area contributed by atoms with Crippen molar-refractivity contribution >= 4 is 40.2 Å². The first-order valence-electron chi connectivity index (χ1n) is 8.48. The highest BCUT2D eigenvalue weighted by Gasteiger charge is 2.19. The van der Waals surface area contributed by atoms with Gasteiger partial charge in [-0.1, -0.05) is 18.2 Å². The molecule has 3 aromatic rings. The van der Waals surface area contributed by atoms with Crippen molar-refractivity contribution in [3.05, 3.63) is 57.9 Å². The van der Waals surface area contributed by atoms with Gasteiger partial charge in [0, 0.05) is 11.1 Å². The van der Waals surface area contributed by atoms with Gasteiger partial charge in [-0.3, -0.25) is 9.59 Å². The van der Waals surface area contributed by atoms with Crippen LogP contribution in [0.25, 0.3) is 9.88 Å². The molecular weight excluding hydrogens is 380 g/mol. The van der Waals surface area contributed by atoms with Crippen LogP contribution in [0, 0.1) is 13.8 Å². The van der Waals surface area contributed by atoms with Crippen LogP contribution in [0.1, 0.15) is 23.7 Å². The first-order chi connectivity index (χ1) is 12.9. The van der Waals surface area contributed by atoms with Gasteiger partial charge in [-0.2, -0.15) is 0 Å². The van der Waals surface area contributed by atoms with Crippen molar-refractivity contribution in [3.63, 3.8) is 0 Å². The summed E-state index contributed by atoms with van der Waals surface area (Å²) >= 11 is 3.10. The van der Waals surface area contributed by atoms with E-state index >= 15 is 0 Å². The third-order valence-corrected chi connectivity index (χ3v) is 5.87. The highest BCUT2D eigenvalue weighted by Crippen LogP contribution is 2.28. The van der Waals surface area contributed by atoms with Gasteiger partial charge in [0.25, 0.3) is 5.91 Å². The van der Waals surface area contributed by atoms with Crippen LogP contribution in [-0.2, 0) is 20.7 Å². The molecule has 7 heteroatoms. The molecule has 1 N–H and O–H groups in total. The first kappa shape index (κ1) is 19.3. The largest absolute Gasteiger partial charge is 0.452 e. The first-order valence-corrected chi connectivity index (χ1v) is 10.2. The molecule has 0 fully saturated rings. The Morgan fingerprint density at radius 2 is 2.04 bits per heavy atom. The van der Waals surface area contributed by atoms with Crippen molar-refractivity contribution in [2.24, 2.45) is 0 Å². The monoisotopic (exact) mass is 400 g/mol. The standard InChI is InChI=1S/C20H20N2O3S2/c1-12-6-7-13(2)16(9-12)22-19(24)14(3)25-18(23)10-15-11-27-20(21-15)17-5-4-8-26-17/h4-9,11,14H,10H2,1-3H3,(H,22,24)/t14-/m0/s1. The molecule has 2 aromatic heterocycles. The molecule has 0 aliphatic heterocycles. The van der Waals surface area contributed by atoms with Crippen LogP contribution in [0.2, 0.25) is 0 Å². The number of benzene rings is 1. The second-order valence-corrected chi connectivity index (χ2v) is 8.04. The zero-order chi connectivity index (χ0) is 19.4. The highest BCUT2D eigenvalue weighted by atomic mass is 32.1. The second-order valence-electron chi connectivity index (χ2n) is 6.24. The molecule has 0 radical (unpaired) electrons. The minimum Gasteiger partial charge on any atom is -0.452 e. The maximum absolute atomic E-state index is 12.3. The van der Waals surface area contributed by atoms with Crippen molar-refractivity contribution in [3.8, 4) is 9.88 Å². The molecule has 1 atom stereocenters. The topological polar surface area (TPSA) is 68.3 Å². The van der Waals surface area contributed by atoms with Crippen molar-refractivity contribution in [1.29, 1.82) is 0 Å². The van der Waals surface area contributed by atoms with Gasteiger partial charge >= 0.3 is 5.97 Å². The quantitative estimate of drug-likeness (QED) is 0.614. The number of thiophene rings is 1. The second kappa shape index (κ2) is 8.45. The van der Waals surface area contributed by atoms with E-state index in [1.165, 1.54) is 11.3 Å². The fourth-order valence-corrected chi connectivity index (χ4v) is 4.08. The van der Waals surface area contributed by atoms with E-state index in [1.54, 1.807) is 18.3 Å². The molecule has 0 unspecified atom stereocenters. The number of amides is 1. The van der Waals surface area contributed by atoms with Crippen LogP contribution in [-0.4, -0.2) is 23.0 Å². The summed E-state index contributed by atoms with van der Waals surface area (Å²) in [7, 11) is 0. The van der Waals surface area contributed by atoms with Gasteiger partial charge in [0.2, 0.25) is 0 Å². The van der Waals surface area contributed by atoms with E-state index in [9.17, 15) is 9.59 Å². The predicted octanol–water partition coefficient (Wildman–Crippen LogP) is 4.60. The smallest absolute Gasteiger partial charge is 0.312 e. The molecule has 0 saturated carbocycles. The molecule has 0 bridgehead atoms. The average Bonchev–Trinajstić information content (AvgIpc) is 3.29. The number of hydrogen-bond donors (Lipinski definition) is 1. The van der Waals surface area contributed by atoms with E-state index in [0.29, 0.717) is 5.69 Å². The van der Waals surface area contributed by atoms with Gasteiger partial charge in [-0.15, -0.1) is 22.7 Å². The van der Waals surface area contributed by atoms with E-state index < -0.39 is 12.1 Å². The number of ether oxygens (including phenoxy) is 1. The van der Waals surface area contributed by atoms with E-state index in [-0.39, 0.29) is 12.3 Å². The molecule has 0 saturated heterocycles. The molecule has 140 valence electrons. The summed E-state index contributed by atoms with van der Waals surface area (Å²) in [5.41, 5.74) is 3.38. The summed E-state index contributed by atoms with van der Waals surface area (Å²) in [4.78, 5) is 30.0. The molecule has 1 amide bonds. The maximum Gasteiger partial charge on any atom is 0.312 e. The molecule has 3 rings (SSSR count). The number of carbonyl (C=O) groups is 2. The Morgan fingerprint density at radius 1 is 1.22 bits per heavy atom. The van der Waals surface area contributed by atoms with Crippen molar-refractivity contribution in [2.45, 2.75) is 33.3 Å². The van der Waals surface area contributed by atoms with Crippen LogP contribution in [0.3, 0.4) is 0 Å². The van der Waals surface area contributed by atoms with E-state index in [0.717, 1.165) is 26.7 Å². The fraction of sp³-hybridized carbons (Fsp3) is 0.250. The summed E-state index contributed by atoms with van der Waals surface area (Å²) in [6, 6.07) is 9.77. The van der Waals surface area contributed by atoms with Crippen molar-refractivity contribution < 1.29 is 14.3 Å². The molecule has 0 spiro atoms. The SMILES string of the molecule is Cc1ccc(C)c(NC(=O)[C@H](C)OC(=O)Cc2csc(-c3cccs3)n2)c1. The van der Waals surface area contributed by atoms with Gasteiger partial charge < -0.3 is 10.1 Å². The van der Waals surface area contributed by atoms with Gasteiger partial charge in [0.05, 0.1) is 17.0 Å². The third kappa shape index (κ3) is 5.02. The summed E-state index contributed by atoms with van der Waals surface area (Å²) in [6.45, 7) is 5.44. The van der Waals surface area contributed by atoms with Gasteiger partial charge in [0.15, 0.2) is 6.10 Å². The number of aromatic nitrogens is 1. The van der Waals surface area contributed by atoms with Crippen LogP contribution in [0.5, 0.6) is 0 Å². The Bertz CT molecular complexity index is 948. The zero-order valence-corrected chi connectivity index (χ0v) is 16.9. The Hall–Kier alpha value is -2.51. The van der Waals surface area contributed by atoms with Crippen molar-refractivity contribution in [1.82, 2.24) is 4.98 Å². The Morgan fingerprint density at radius 3 is 2.78 bits per heavy atom. The molecule has 5 nitrogen and oxygen atoms in total. The summed E-state index contributed by atoms with van der Waals surface area (Å²) < 4.78 is 5.27. The molecule has 1 aromatic carbocycles. The normalized spacial score (nSPS) is 11.8. The minimum absolute atomic E-state index is 0.0446. The van der Waals surface area contributed by atoms with E-state index in [4.69, 9.17) is 4.74 Å². The summed E-state index contributed by atoms with van der Waals surface area (Å²) in [5, 5.41) is 7.53. The number of nitrogens with one attached hydrogen (secondary N) is 1. The van der Waals surface area contributed by atoms with Gasteiger partial charge in [0.1, 0.15) is 5.01 Å². The lowest BCUT2D eigenvalue weighted by Gasteiger charge is -2.15. The number of thiazole rings is 1. The number of aryl methyl sites for hydroxylation is 2. The lowest BCUT2D eigenvalue weighted by atomic mass is 10.1. The van der Waals surface area contributed by atoms with Crippen LogP contribution >= 0.6 is 22.7 Å². The Balaban J connectivity index is 1.55. The van der Waals surface area contributed by atoms with Crippen LogP contribution in [0.4, 0.5) is 5.69 Å². The van der Waals surface area contributed by atoms with E-state index in [1.807, 2.05) is 54.9 Å². The fourth-order valence-electron chi connectivity index (χ4n) is 2.45. The van der Waals surface area contributed by atoms with E-state index in [2.05, 4.69) is 10.3 Å². The predicted molar refractivity (Wildman–Crippen MR) is 109 cm³/mol. The third-order valence-electron chi connectivity index (χ3n) is 3.94. The van der Waals surface area contributed by atoms with Crippen LogP contribution in [0.15, 0.2) is 41.1 Å². The zero-order valence-electron chi connectivity index (χ0n) is 15.3. The summed E-state index contributed by atoms with van der Waals surface area (Å²) in [6.07, 6.45) is -0.837. The number of hydrogen-bond acceptors (Lipinski definition) is 6. The van der Waals surface area contributed by atoms with Crippen LogP contribution < -0.4 is 5.32 Å². The molecule has 27 heavy (non-hydrogen) atoms. The number of esters is 1. The van der Waals surface area contributed by atoms with Crippen molar-refractivity contribution in [2.75, 3.05) is 5.32 Å². The Kier molecular flexibility index (Phi) is 6.03. The highest BCUT2D eigenvalue weighted by molar-refractivity contribution is 7.20.